The van der Waals surface area contributed by atoms with E-state index in [1.165, 1.54) is 12.1 Å². The molecule has 0 saturated carbocycles. The smallest absolute Gasteiger partial charge is 0.123 e. The van der Waals surface area contributed by atoms with Crippen molar-refractivity contribution in [1.82, 2.24) is 0 Å². The monoisotopic (exact) mass is 178 g/mol. The zero-order valence-corrected chi connectivity index (χ0v) is 7.42. The van der Waals surface area contributed by atoms with Gasteiger partial charge in [0.05, 0.1) is 5.60 Å². The van der Waals surface area contributed by atoms with Crippen molar-refractivity contribution < 1.29 is 9.50 Å². The molecule has 0 aromatic heterocycles. The van der Waals surface area contributed by atoms with Gasteiger partial charge in [0.1, 0.15) is 5.82 Å². The van der Waals surface area contributed by atoms with Gasteiger partial charge in [-0.05, 0) is 24.6 Å². The van der Waals surface area contributed by atoms with Gasteiger partial charge in [-0.1, -0.05) is 12.1 Å². The van der Waals surface area contributed by atoms with Gasteiger partial charge in [0.15, 0.2) is 0 Å². The van der Waals surface area contributed by atoms with E-state index in [0.29, 0.717) is 5.56 Å². The van der Waals surface area contributed by atoms with Gasteiger partial charge in [0.25, 0.3) is 0 Å². The quantitative estimate of drug-likeness (QED) is 0.687. The van der Waals surface area contributed by atoms with Crippen LogP contribution in [0.3, 0.4) is 0 Å². The maximum Gasteiger partial charge on any atom is 0.123 e. The van der Waals surface area contributed by atoms with Crippen LogP contribution in [0.15, 0.2) is 24.3 Å². The lowest BCUT2D eigenvalue weighted by Gasteiger charge is -2.20. The summed E-state index contributed by atoms with van der Waals surface area (Å²) in [5.74, 6) is 1.99. The van der Waals surface area contributed by atoms with Crippen molar-refractivity contribution in [3.63, 3.8) is 0 Å². The van der Waals surface area contributed by atoms with Crippen molar-refractivity contribution in [2.75, 3.05) is 0 Å². The molecule has 1 aromatic rings. The fraction of sp³-hybridized carbons (Fsp3) is 0.273. The molecule has 0 spiro atoms. The van der Waals surface area contributed by atoms with Gasteiger partial charge in [0, 0.05) is 6.42 Å². The lowest BCUT2D eigenvalue weighted by molar-refractivity contribution is 0.0626. The van der Waals surface area contributed by atoms with Gasteiger partial charge in [0.2, 0.25) is 0 Å². The third-order valence-corrected chi connectivity index (χ3v) is 1.89. The van der Waals surface area contributed by atoms with E-state index in [0.717, 1.165) is 0 Å². The minimum atomic E-state index is -1.14. The van der Waals surface area contributed by atoms with Gasteiger partial charge in [-0.3, -0.25) is 0 Å². The van der Waals surface area contributed by atoms with Crippen molar-refractivity contribution in [2.45, 2.75) is 18.9 Å². The summed E-state index contributed by atoms with van der Waals surface area (Å²) < 4.78 is 12.8. The Labute approximate surface area is 77.2 Å². The zero-order valence-electron chi connectivity index (χ0n) is 7.42. The summed E-state index contributed by atoms with van der Waals surface area (Å²) in [4.78, 5) is 0. The maximum atomic E-state index is 12.8. The Kier molecular flexibility index (Phi) is 2.69. The molecule has 0 radical (unpaired) electrons. The first kappa shape index (κ1) is 9.76. The standard InChI is InChI=1S/C11H11FO/c1-3-7-11(2,13)9-5-4-6-10(12)8-9/h1,4-6,8,13H,7H2,2H3. The van der Waals surface area contributed by atoms with Gasteiger partial charge in [-0.25, -0.2) is 4.39 Å². The zero-order chi connectivity index (χ0) is 9.90. The molecule has 1 unspecified atom stereocenters. The van der Waals surface area contributed by atoms with E-state index in [1.54, 1.807) is 19.1 Å². The van der Waals surface area contributed by atoms with Crippen LogP contribution in [-0.2, 0) is 5.60 Å². The van der Waals surface area contributed by atoms with Crippen LogP contribution in [0.2, 0.25) is 0 Å². The van der Waals surface area contributed by atoms with Crippen LogP contribution >= 0.6 is 0 Å². The molecule has 0 aliphatic carbocycles. The SMILES string of the molecule is C#CCC(C)(O)c1cccc(F)c1. The molecule has 1 rings (SSSR count). The lowest BCUT2D eigenvalue weighted by atomic mass is 9.93. The van der Waals surface area contributed by atoms with E-state index in [2.05, 4.69) is 5.92 Å². The Morgan fingerprint density at radius 2 is 2.31 bits per heavy atom. The number of rotatable bonds is 2. The molecule has 0 bridgehead atoms. The predicted octanol–water partition coefficient (Wildman–Crippen LogP) is 2.06. The summed E-state index contributed by atoms with van der Waals surface area (Å²) in [5, 5.41) is 9.80. The average molecular weight is 178 g/mol. The van der Waals surface area contributed by atoms with E-state index in [4.69, 9.17) is 6.42 Å². The number of benzene rings is 1. The number of terminal acetylenes is 1. The van der Waals surface area contributed by atoms with Crippen LogP contribution < -0.4 is 0 Å². The van der Waals surface area contributed by atoms with E-state index in [-0.39, 0.29) is 12.2 Å². The lowest BCUT2D eigenvalue weighted by Crippen LogP contribution is -2.20. The van der Waals surface area contributed by atoms with Crippen LogP contribution in [0, 0.1) is 18.2 Å². The van der Waals surface area contributed by atoms with Crippen molar-refractivity contribution in [3.05, 3.63) is 35.6 Å². The molecule has 1 aromatic carbocycles. The predicted molar refractivity (Wildman–Crippen MR) is 49.4 cm³/mol. The molecule has 1 N–H and O–H groups in total. The van der Waals surface area contributed by atoms with Crippen LogP contribution in [-0.4, -0.2) is 5.11 Å². The number of aliphatic hydroxyl groups is 1. The molecule has 1 atom stereocenters. The van der Waals surface area contributed by atoms with E-state index in [9.17, 15) is 9.50 Å². The van der Waals surface area contributed by atoms with Crippen molar-refractivity contribution in [1.29, 1.82) is 0 Å². The summed E-state index contributed by atoms with van der Waals surface area (Å²) in [6.45, 7) is 1.57. The summed E-state index contributed by atoms with van der Waals surface area (Å²) in [6.07, 6.45) is 5.26. The minimum absolute atomic E-state index is 0.177. The summed E-state index contributed by atoms with van der Waals surface area (Å²) in [7, 11) is 0. The van der Waals surface area contributed by atoms with Gasteiger partial charge in [-0.2, -0.15) is 0 Å². The van der Waals surface area contributed by atoms with Crippen LogP contribution in [0.5, 0.6) is 0 Å². The third-order valence-electron chi connectivity index (χ3n) is 1.89. The summed E-state index contributed by atoms with van der Waals surface area (Å²) >= 11 is 0. The normalized spacial score (nSPS) is 14.6. The molecule has 0 saturated heterocycles. The second-order valence-corrected chi connectivity index (χ2v) is 3.17. The van der Waals surface area contributed by atoms with Crippen LogP contribution in [0.25, 0.3) is 0 Å². The largest absolute Gasteiger partial charge is 0.384 e. The molecule has 2 heteroatoms. The van der Waals surface area contributed by atoms with Crippen LogP contribution in [0.4, 0.5) is 4.39 Å². The molecule has 0 aliphatic heterocycles. The molecule has 0 fully saturated rings. The van der Waals surface area contributed by atoms with Crippen molar-refractivity contribution in [3.8, 4) is 12.3 Å². The number of hydrogen-bond acceptors (Lipinski definition) is 1. The summed E-state index contributed by atoms with van der Waals surface area (Å²) in [6, 6.07) is 5.82. The highest BCUT2D eigenvalue weighted by atomic mass is 19.1. The first-order valence-electron chi connectivity index (χ1n) is 3.98. The molecule has 13 heavy (non-hydrogen) atoms. The Bertz CT molecular complexity index is 336. The van der Waals surface area contributed by atoms with E-state index in [1.807, 2.05) is 0 Å². The Morgan fingerprint density at radius 3 is 2.85 bits per heavy atom. The Hall–Kier alpha value is -1.33. The summed E-state index contributed by atoms with van der Waals surface area (Å²) in [5.41, 5.74) is -0.637. The first-order chi connectivity index (χ1) is 6.06. The van der Waals surface area contributed by atoms with Gasteiger partial charge in [-0.15, -0.1) is 12.3 Å². The minimum Gasteiger partial charge on any atom is -0.384 e. The molecular weight excluding hydrogens is 167 g/mol. The average Bonchev–Trinajstić information content (AvgIpc) is 2.04. The molecular formula is C11H11FO. The topological polar surface area (TPSA) is 20.2 Å². The highest BCUT2D eigenvalue weighted by Gasteiger charge is 2.21. The second kappa shape index (κ2) is 3.59. The van der Waals surface area contributed by atoms with Crippen molar-refractivity contribution in [2.24, 2.45) is 0 Å². The highest BCUT2D eigenvalue weighted by molar-refractivity contribution is 5.23. The van der Waals surface area contributed by atoms with Crippen molar-refractivity contribution >= 4 is 0 Å². The molecule has 1 nitrogen and oxygen atoms in total. The van der Waals surface area contributed by atoms with Crippen LogP contribution in [0.1, 0.15) is 18.9 Å². The Morgan fingerprint density at radius 1 is 1.62 bits per heavy atom. The molecule has 0 heterocycles. The maximum absolute atomic E-state index is 12.8. The first-order valence-corrected chi connectivity index (χ1v) is 3.98. The van der Waals surface area contributed by atoms with E-state index >= 15 is 0 Å². The van der Waals surface area contributed by atoms with Gasteiger partial charge >= 0.3 is 0 Å². The number of hydrogen-bond donors (Lipinski definition) is 1. The van der Waals surface area contributed by atoms with Gasteiger partial charge < -0.3 is 5.11 Å². The van der Waals surface area contributed by atoms with E-state index < -0.39 is 5.60 Å². The Balaban J connectivity index is 3.01. The molecule has 0 amide bonds. The number of halogens is 1. The third kappa shape index (κ3) is 2.30. The molecule has 68 valence electrons. The highest BCUT2D eigenvalue weighted by Crippen LogP contribution is 2.23. The fourth-order valence-corrected chi connectivity index (χ4v) is 1.12. The fourth-order valence-electron chi connectivity index (χ4n) is 1.12. The second-order valence-electron chi connectivity index (χ2n) is 3.17. The molecule has 0 aliphatic rings.